The zero-order chi connectivity index (χ0) is 23.3. The van der Waals surface area contributed by atoms with Crippen molar-refractivity contribution >= 4 is 40.4 Å². The first-order chi connectivity index (χ1) is 16.6. The summed E-state index contributed by atoms with van der Waals surface area (Å²) < 4.78 is 14.2. The second-order valence-corrected chi connectivity index (χ2v) is 8.45. The first-order valence-corrected chi connectivity index (χ1v) is 11.1. The first-order valence-electron chi connectivity index (χ1n) is 10.8. The number of anilines is 3. The van der Waals surface area contributed by atoms with E-state index in [1.807, 2.05) is 89.8 Å². The van der Waals surface area contributed by atoms with E-state index in [9.17, 15) is 9.18 Å². The molecule has 5 nitrogen and oxygen atoms in total. The molecule has 166 valence electrons. The van der Waals surface area contributed by atoms with Crippen LogP contribution in [0, 0.1) is 5.82 Å². The van der Waals surface area contributed by atoms with Gasteiger partial charge in [-0.15, -0.1) is 0 Å². The van der Waals surface area contributed by atoms with Crippen LogP contribution in [0.2, 0.25) is 5.02 Å². The maximum atomic E-state index is 14.2. The van der Waals surface area contributed by atoms with E-state index in [0.29, 0.717) is 17.2 Å². The van der Waals surface area contributed by atoms with E-state index < -0.39 is 11.5 Å². The van der Waals surface area contributed by atoms with E-state index in [0.717, 1.165) is 16.8 Å². The summed E-state index contributed by atoms with van der Waals surface area (Å²) in [5.74, 6) is -0.264. The number of hydrogen-bond acceptors (Lipinski definition) is 4. The van der Waals surface area contributed by atoms with Crippen LogP contribution in [0.15, 0.2) is 108 Å². The molecular formula is C27H18ClFN4O. The Morgan fingerprint density at radius 1 is 0.824 bits per heavy atom. The summed E-state index contributed by atoms with van der Waals surface area (Å²) in [6.07, 6.45) is 0. The van der Waals surface area contributed by atoms with Crippen molar-refractivity contribution in [3.05, 3.63) is 125 Å². The molecule has 2 aliphatic rings. The summed E-state index contributed by atoms with van der Waals surface area (Å²) >= 11 is 6.22. The monoisotopic (exact) mass is 468 g/mol. The Hall–Kier alpha value is -4.16. The molecule has 6 rings (SSSR count). The van der Waals surface area contributed by atoms with Gasteiger partial charge in [-0.05, 0) is 36.4 Å². The third kappa shape index (κ3) is 2.85. The van der Waals surface area contributed by atoms with Crippen LogP contribution in [0.25, 0.3) is 0 Å². The van der Waals surface area contributed by atoms with Crippen molar-refractivity contribution < 1.29 is 9.18 Å². The van der Waals surface area contributed by atoms with Crippen LogP contribution in [0.3, 0.4) is 0 Å². The lowest BCUT2D eigenvalue weighted by molar-refractivity contribution is -0.120. The molecule has 1 unspecified atom stereocenters. The van der Waals surface area contributed by atoms with Gasteiger partial charge in [-0.3, -0.25) is 9.69 Å². The molecule has 2 heterocycles. The Bertz CT molecular complexity index is 1440. The van der Waals surface area contributed by atoms with Crippen molar-refractivity contribution in [2.45, 2.75) is 5.66 Å². The quantitative estimate of drug-likeness (QED) is 0.403. The minimum Gasteiger partial charge on any atom is -0.322 e. The summed E-state index contributed by atoms with van der Waals surface area (Å²) in [6, 6.07) is 31.1. The highest BCUT2D eigenvalue weighted by molar-refractivity contribution is 6.31. The molecule has 0 radical (unpaired) electrons. The summed E-state index contributed by atoms with van der Waals surface area (Å²) in [4.78, 5) is 15.8. The molecule has 7 heteroatoms. The van der Waals surface area contributed by atoms with Crippen molar-refractivity contribution in [3.8, 4) is 0 Å². The van der Waals surface area contributed by atoms with Gasteiger partial charge < -0.3 is 5.32 Å². The molecule has 1 amide bonds. The van der Waals surface area contributed by atoms with Crippen molar-refractivity contribution in [1.82, 2.24) is 0 Å². The number of para-hydroxylation sites is 2. The molecular weight excluding hydrogens is 451 g/mol. The molecule has 2 aliphatic heterocycles. The van der Waals surface area contributed by atoms with Crippen LogP contribution >= 0.6 is 11.6 Å². The number of benzene rings is 4. The van der Waals surface area contributed by atoms with Gasteiger partial charge in [0, 0.05) is 22.5 Å². The number of halogens is 2. The van der Waals surface area contributed by atoms with Crippen LogP contribution in [0.1, 0.15) is 11.1 Å². The van der Waals surface area contributed by atoms with Crippen molar-refractivity contribution in [2.75, 3.05) is 15.2 Å². The number of rotatable bonds is 3. The fraction of sp³-hybridized carbons (Fsp3) is 0.0370. The minimum atomic E-state index is -1.38. The summed E-state index contributed by atoms with van der Waals surface area (Å²) in [7, 11) is 0. The van der Waals surface area contributed by atoms with Crippen LogP contribution < -0.4 is 15.2 Å². The number of nitrogens with one attached hydrogen (secondary N) is 1. The third-order valence-corrected chi connectivity index (χ3v) is 6.39. The lowest BCUT2D eigenvalue weighted by Gasteiger charge is -2.40. The SMILES string of the molecule is O=C1Nc2ccccc2C12N(c1ccccc1)N=C(c1ccccc1)N2c1ccc(F)c(Cl)c1. The Morgan fingerprint density at radius 3 is 2.24 bits per heavy atom. The Kier molecular flexibility index (Phi) is 4.64. The van der Waals surface area contributed by atoms with Gasteiger partial charge in [0.25, 0.3) is 5.91 Å². The highest BCUT2D eigenvalue weighted by atomic mass is 35.5. The molecule has 0 saturated heterocycles. The van der Waals surface area contributed by atoms with Gasteiger partial charge in [-0.1, -0.05) is 78.3 Å². The van der Waals surface area contributed by atoms with Crippen molar-refractivity contribution in [1.29, 1.82) is 0 Å². The first kappa shape index (κ1) is 20.4. The Morgan fingerprint density at radius 2 is 1.50 bits per heavy atom. The molecule has 4 aromatic carbocycles. The lowest BCUT2D eigenvalue weighted by Crippen LogP contribution is -2.58. The molecule has 0 aliphatic carbocycles. The van der Waals surface area contributed by atoms with Crippen LogP contribution in [0.4, 0.5) is 21.5 Å². The zero-order valence-corrected chi connectivity index (χ0v) is 18.6. The molecule has 1 spiro atoms. The fourth-order valence-electron chi connectivity index (χ4n) is 4.64. The van der Waals surface area contributed by atoms with Gasteiger partial charge in [0.1, 0.15) is 5.82 Å². The number of amides is 1. The van der Waals surface area contributed by atoms with Crippen molar-refractivity contribution in [2.24, 2.45) is 5.10 Å². The standard InChI is InChI=1S/C27H18ClFN4O/c28-22-17-20(15-16-23(22)29)32-25(18-9-3-1-4-10-18)31-33(19-11-5-2-6-12-19)27(32)21-13-7-8-14-24(21)30-26(27)34/h1-17H,(H,30,34). The van der Waals surface area contributed by atoms with E-state index in [2.05, 4.69) is 5.32 Å². The van der Waals surface area contributed by atoms with Crippen LogP contribution in [-0.4, -0.2) is 11.7 Å². The van der Waals surface area contributed by atoms with E-state index in [1.165, 1.54) is 12.1 Å². The molecule has 0 saturated carbocycles. The number of fused-ring (bicyclic) bond motifs is 2. The maximum Gasteiger partial charge on any atom is 0.278 e. The number of nitrogens with zero attached hydrogens (tertiary/aromatic N) is 3. The van der Waals surface area contributed by atoms with E-state index in [1.54, 1.807) is 11.1 Å². The minimum absolute atomic E-state index is 0.0371. The van der Waals surface area contributed by atoms with E-state index >= 15 is 0 Å². The predicted molar refractivity (Wildman–Crippen MR) is 133 cm³/mol. The largest absolute Gasteiger partial charge is 0.322 e. The molecule has 1 atom stereocenters. The van der Waals surface area contributed by atoms with E-state index in [4.69, 9.17) is 16.7 Å². The average molecular weight is 469 g/mol. The molecule has 1 N–H and O–H groups in total. The highest BCUT2D eigenvalue weighted by Gasteiger charge is 2.61. The number of hydrogen-bond donors (Lipinski definition) is 1. The van der Waals surface area contributed by atoms with Gasteiger partial charge in [0.2, 0.25) is 5.66 Å². The van der Waals surface area contributed by atoms with Crippen LogP contribution in [-0.2, 0) is 10.5 Å². The second-order valence-electron chi connectivity index (χ2n) is 8.04. The van der Waals surface area contributed by atoms with Gasteiger partial charge in [0.05, 0.1) is 10.7 Å². The average Bonchev–Trinajstić information content (AvgIpc) is 3.38. The van der Waals surface area contributed by atoms with Gasteiger partial charge in [-0.25, -0.2) is 9.40 Å². The Balaban J connectivity index is 1.69. The molecule has 0 fully saturated rings. The smallest absolute Gasteiger partial charge is 0.278 e. The van der Waals surface area contributed by atoms with Gasteiger partial charge in [-0.2, -0.15) is 5.10 Å². The third-order valence-electron chi connectivity index (χ3n) is 6.10. The van der Waals surface area contributed by atoms with Crippen molar-refractivity contribution in [3.63, 3.8) is 0 Å². The summed E-state index contributed by atoms with van der Waals surface area (Å²) in [5, 5.41) is 9.72. The number of amidine groups is 1. The van der Waals surface area contributed by atoms with Gasteiger partial charge >= 0.3 is 0 Å². The number of carbonyl (C=O) groups excluding carboxylic acids is 1. The second kappa shape index (κ2) is 7.71. The molecule has 4 aromatic rings. The predicted octanol–water partition coefficient (Wildman–Crippen LogP) is 5.97. The highest BCUT2D eigenvalue weighted by Crippen LogP contribution is 2.51. The van der Waals surface area contributed by atoms with Crippen LogP contribution in [0.5, 0.6) is 0 Å². The normalized spacial score (nSPS) is 18.8. The Labute approximate surface area is 200 Å². The summed E-state index contributed by atoms with van der Waals surface area (Å²) in [5.41, 5.74) is 2.12. The topological polar surface area (TPSA) is 47.9 Å². The maximum absolute atomic E-state index is 14.2. The zero-order valence-electron chi connectivity index (χ0n) is 17.8. The molecule has 0 aromatic heterocycles. The molecule has 0 bridgehead atoms. The fourth-order valence-corrected chi connectivity index (χ4v) is 4.82. The lowest BCUT2D eigenvalue weighted by atomic mass is 9.96. The van der Waals surface area contributed by atoms with Gasteiger partial charge in [0.15, 0.2) is 5.84 Å². The summed E-state index contributed by atoms with van der Waals surface area (Å²) in [6.45, 7) is 0. The number of carbonyl (C=O) groups is 1. The number of hydrazone groups is 1. The van der Waals surface area contributed by atoms with E-state index in [-0.39, 0.29) is 10.9 Å². The molecule has 34 heavy (non-hydrogen) atoms.